The summed E-state index contributed by atoms with van der Waals surface area (Å²) in [6, 6.07) is 12.0. The van der Waals surface area contributed by atoms with Crippen molar-refractivity contribution in [2.45, 2.75) is 30.0 Å². The summed E-state index contributed by atoms with van der Waals surface area (Å²) < 4.78 is 63.3. The standard InChI is InChI=1S/C19H21F3N2O3S/c20-19(21,22)16-12-15(28(23,26)27)6-7-17(16)24-10-8-14(9-11-24)18(25)13-4-2-1-3-5-13/h1-7,12,14,18,25H,8-11H2,(H2,23,26,27). The third-order valence-electron chi connectivity index (χ3n) is 5.07. The molecule has 1 heterocycles. The van der Waals surface area contributed by atoms with Gasteiger partial charge in [-0.25, -0.2) is 13.6 Å². The van der Waals surface area contributed by atoms with Crippen LogP contribution in [0.3, 0.4) is 0 Å². The molecule has 1 unspecified atom stereocenters. The maximum absolute atomic E-state index is 13.5. The van der Waals surface area contributed by atoms with E-state index in [-0.39, 0.29) is 11.6 Å². The summed E-state index contributed by atoms with van der Waals surface area (Å²) in [4.78, 5) is 1.00. The van der Waals surface area contributed by atoms with E-state index in [0.717, 1.165) is 17.7 Å². The molecule has 0 aromatic heterocycles. The van der Waals surface area contributed by atoms with E-state index in [4.69, 9.17) is 5.14 Å². The van der Waals surface area contributed by atoms with Crippen LogP contribution in [0.5, 0.6) is 0 Å². The Morgan fingerprint density at radius 3 is 2.21 bits per heavy atom. The quantitative estimate of drug-likeness (QED) is 0.804. The van der Waals surface area contributed by atoms with E-state index in [9.17, 15) is 26.7 Å². The third kappa shape index (κ3) is 4.48. The second-order valence-corrected chi connectivity index (χ2v) is 8.46. The minimum atomic E-state index is -4.71. The molecule has 3 rings (SSSR count). The molecule has 1 atom stereocenters. The monoisotopic (exact) mass is 414 g/mol. The Kier molecular flexibility index (Phi) is 5.69. The number of primary sulfonamides is 1. The number of halogens is 3. The summed E-state index contributed by atoms with van der Waals surface area (Å²) in [7, 11) is -4.24. The second-order valence-electron chi connectivity index (χ2n) is 6.90. The Bertz CT molecular complexity index is 925. The van der Waals surface area contributed by atoms with Crippen LogP contribution in [0.1, 0.15) is 30.1 Å². The van der Waals surface area contributed by atoms with Crippen LogP contribution in [0.15, 0.2) is 53.4 Å². The van der Waals surface area contributed by atoms with Gasteiger partial charge in [-0.1, -0.05) is 30.3 Å². The van der Waals surface area contributed by atoms with Crippen LogP contribution in [0, 0.1) is 5.92 Å². The molecule has 152 valence electrons. The second kappa shape index (κ2) is 7.73. The van der Waals surface area contributed by atoms with Crippen LogP contribution in [0.2, 0.25) is 0 Å². The molecule has 2 aromatic carbocycles. The van der Waals surface area contributed by atoms with Crippen molar-refractivity contribution in [3.05, 3.63) is 59.7 Å². The molecule has 0 spiro atoms. The fourth-order valence-corrected chi connectivity index (χ4v) is 4.11. The van der Waals surface area contributed by atoms with Gasteiger partial charge in [0.25, 0.3) is 0 Å². The zero-order valence-corrected chi connectivity index (χ0v) is 15.7. The maximum atomic E-state index is 13.5. The largest absolute Gasteiger partial charge is 0.418 e. The lowest BCUT2D eigenvalue weighted by molar-refractivity contribution is -0.137. The fourth-order valence-electron chi connectivity index (χ4n) is 3.57. The highest BCUT2D eigenvalue weighted by Gasteiger charge is 2.37. The van der Waals surface area contributed by atoms with Crippen LogP contribution < -0.4 is 10.0 Å². The topological polar surface area (TPSA) is 83.6 Å². The number of anilines is 1. The first-order valence-corrected chi connectivity index (χ1v) is 10.3. The molecule has 0 radical (unpaired) electrons. The van der Waals surface area contributed by atoms with E-state index in [1.54, 1.807) is 4.90 Å². The van der Waals surface area contributed by atoms with Crippen molar-refractivity contribution >= 4 is 15.7 Å². The molecule has 9 heteroatoms. The zero-order valence-electron chi connectivity index (χ0n) is 14.9. The minimum absolute atomic E-state index is 0.0586. The first kappa shape index (κ1) is 20.6. The van der Waals surface area contributed by atoms with Gasteiger partial charge in [0, 0.05) is 18.8 Å². The summed E-state index contributed by atoms with van der Waals surface area (Å²) in [5, 5.41) is 15.5. The number of hydrogen-bond donors (Lipinski definition) is 2. The predicted molar refractivity (Wildman–Crippen MR) is 99.2 cm³/mol. The molecule has 0 saturated carbocycles. The van der Waals surface area contributed by atoms with Gasteiger partial charge in [-0.15, -0.1) is 0 Å². The fraction of sp³-hybridized carbons (Fsp3) is 0.368. The molecule has 0 amide bonds. The average molecular weight is 414 g/mol. The van der Waals surface area contributed by atoms with Crippen LogP contribution in [-0.2, 0) is 16.2 Å². The van der Waals surface area contributed by atoms with Gasteiger partial charge in [-0.05, 0) is 42.5 Å². The van der Waals surface area contributed by atoms with Crippen molar-refractivity contribution in [2.75, 3.05) is 18.0 Å². The van der Waals surface area contributed by atoms with E-state index >= 15 is 0 Å². The van der Waals surface area contributed by atoms with E-state index in [1.807, 2.05) is 30.3 Å². The van der Waals surface area contributed by atoms with Crippen LogP contribution in [0.4, 0.5) is 18.9 Å². The summed E-state index contributed by atoms with van der Waals surface area (Å²) in [6.07, 6.45) is -4.35. The lowest BCUT2D eigenvalue weighted by atomic mass is 9.87. The number of aliphatic hydroxyl groups is 1. The molecule has 0 aliphatic carbocycles. The summed E-state index contributed by atoms with van der Waals surface area (Å²) in [5.41, 5.74) is -0.317. The summed E-state index contributed by atoms with van der Waals surface area (Å²) >= 11 is 0. The number of sulfonamides is 1. The Labute approximate surface area is 161 Å². The molecule has 28 heavy (non-hydrogen) atoms. The third-order valence-corrected chi connectivity index (χ3v) is 5.98. The van der Waals surface area contributed by atoms with Crippen molar-refractivity contribution < 1.29 is 26.7 Å². The lowest BCUT2D eigenvalue weighted by Gasteiger charge is -2.37. The maximum Gasteiger partial charge on any atom is 0.418 e. The van der Waals surface area contributed by atoms with Crippen LogP contribution in [-0.4, -0.2) is 26.6 Å². The Morgan fingerprint density at radius 1 is 1.07 bits per heavy atom. The smallest absolute Gasteiger partial charge is 0.388 e. The highest BCUT2D eigenvalue weighted by atomic mass is 32.2. The van der Waals surface area contributed by atoms with E-state index in [2.05, 4.69) is 0 Å². The molecular weight excluding hydrogens is 393 g/mol. The lowest BCUT2D eigenvalue weighted by Crippen LogP contribution is -2.36. The summed E-state index contributed by atoms with van der Waals surface area (Å²) in [6.45, 7) is 0.652. The SMILES string of the molecule is NS(=O)(=O)c1ccc(N2CCC(C(O)c3ccccc3)CC2)c(C(F)(F)F)c1. The number of hydrogen-bond acceptors (Lipinski definition) is 4. The number of nitrogens with two attached hydrogens (primary N) is 1. The number of aliphatic hydroxyl groups excluding tert-OH is 1. The van der Waals surface area contributed by atoms with Gasteiger partial charge < -0.3 is 10.0 Å². The Morgan fingerprint density at radius 2 is 1.68 bits per heavy atom. The van der Waals surface area contributed by atoms with Crippen molar-refractivity contribution in [2.24, 2.45) is 11.1 Å². The highest BCUT2D eigenvalue weighted by molar-refractivity contribution is 7.89. The molecule has 1 aliphatic heterocycles. The van der Waals surface area contributed by atoms with Gasteiger partial charge in [0.15, 0.2) is 0 Å². The molecule has 1 aliphatic rings. The van der Waals surface area contributed by atoms with Crippen LogP contribution >= 0.6 is 0 Å². The number of piperidine rings is 1. The van der Waals surface area contributed by atoms with Crippen molar-refractivity contribution in [3.63, 3.8) is 0 Å². The molecule has 2 aromatic rings. The number of rotatable bonds is 4. The van der Waals surface area contributed by atoms with Gasteiger partial charge in [0.1, 0.15) is 0 Å². The average Bonchev–Trinajstić information content (AvgIpc) is 2.66. The van der Waals surface area contributed by atoms with E-state index < -0.39 is 32.8 Å². The molecule has 1 saturated heterocycles. The van der Waals surface area contributed by atoms with Gasteiger partial charge in [-0.2, -0.15) is 13.2 Å². The zero-order chi connectivity index (χ0) is 20.5. The Hall–Kier alpha value is -2.10. The molecular formula is C19H21F3N2O3S. The number of alkyl halides is 3. The van der Waals surface area contributed by atoms with E-state index in [0.29, 0.717) is 32.0 Å². The van der Waals surface area contributed by atoms with Crippen molar-refractivity contribution in [1.29, 1.82) is 0 Å². The predicted octanol–water partition coefficient (Wildman–Crippen LogP) is 3.30. The van der Waals surface area contributed by atoms with Gasteiger partial charge in [0.05, 0.1) is 16.6 Å². The van der Waals surface area contributed by atoms with Crippen molar-refractivity contribution in [1.82, 2.24) is 0 Å². The summed E-state index contributed by atoms with van der Waals surface area (Å²) in [5.74, 6) is -0.0586. The Balaban J connectivity index is 1.80. The minimum Gasteiger partial charge on any atom is -0.388 e. The highest BCUT2D eigenvalue weighted by Crippen LogP contribution is 2.40. The first-order chi connectivity index (χ1) is 13.1. The first-order valence-electron chi connectivity index (χ1n) is 8.79. The molecule has 0 bridgehead atoms. The normalized spacial score (nSPS) is 17.5. The molecule has 5 nitrogen and oxygen atoms in total. The molecule has 1 fully saturated rings. The number of benzene rings is 2. The van der Waals surface area contributed by atoms with E-state index in [1.165, 1.54) is 0 Å². The molecule has 3 N–H and O–H groups in total. The van der Waals surface area contributed by atoms with Crippen molar-refractivity contribution in [3.8, 4) is 0 Å². The van der Waals surface area contributed by atoms with Crippen LogP contribution in [0.25, 0.3) is 0 Å². The van der Waals surface area contributed by atoms with Gasteiger partial charge in [-0.3, -0.25) is 0 Å². The van der Waals surface area contributed by atoms with Gasteiger partial charge >= 0.3 is 6.18 Å². The van der Waals surface area contributed by atoms with Gasteiger partial charge in [0.2, 0.25) is 10.0 Å². The number of nitrogens with zero attached hydrogens (tertiary/aromatic N) is 1.